The van der Waals surface area contributed by atoms with E-state index in [4.69, 9.17) is 5.11 Å². The van der Waals surface area contributed by atoms with E-state index in [1.54, 1.807) is 7.05 Å². The predicted octanol–water partition coefficient (Wildman–Crippen LogP) is 1.62. The van der Waals surface area contributed by atoms with E-state index in [1.165, 1.54) is 23.0 Å². The summed E-state index contributed by atoms with van der Waals surface area (Å²) in [6.45, 7) is 0. The highest BCUT2D eigenvalue weighted by Crippen LogP contribution is 2.32. The van der Waals surface area contributed by atoms with Gasteiger partial charge < -0.3 is 9.67 Å². The van der Waals surface area contributed by atoms with Crippen molar-refractivity contribution >= 4 is 0 Å². The van der Waals surface area contributed by atoms with Crippen LogP contribution in [0.4, 0.5) is 13.2 Å². The molecule has 0 spiro atoms. The molecule has 0 amide bonds. The molecule has 0 saturated carbocycles. The maximum Gasteiger partial charge on any atom is 0.418 e. The number of alkyl halides is 3. The van der Waals surface area contributed by atoms with E-state index in [2.05, 4.69) is 0 Å². The quantitative estimate of drug-likeness (QED) is 0.696. The van der Waals surface area contributed by atoms with E-state index in [1.807, 2.05) is 0 Å². The first-order valence-electron chi connectivity index (χ1n) is 3.28. The van der Waals surface area contributed by atoms with Crippen LogP contribution in [-0.4, -0.2) is 15.8 Å². The number of rotatable bonds is 1. The van der Waals surface area contributed by atoms with Gasteiger partial charge in [0.25, 0.3) is 0 Å². The third-order valence-corrected chi connectivity index (χ3v) is 1.48. The van der Waals surface area contributed by atoms with Gasteiger partial charge in [-0.2, -0.15) is 13.2 Å². The number of nitrogens with zero attached hydrogens (tertiary/aromatic N) is 1. The van der Waals surface area contributed by atoms with Crippen LogP contribution in [0.1, 0.15) is 11.7 Å². The molecule has 5 heteroatoms. The molecule has 1 aromatic heterocycles. The van der Waals surface area contributed by atoms with Gasteiger partial charge in [0.15, 0.2) is 6.10 Å². The van der Waals surface area contributed by atoms with Crippen LogP contribution in [0.15, 0.2) is 18.5 Å². The Balaban J connectivity index is 2.85. The lowest BCUT2D eigenvalue weighted by molar-refractivity contribution is -0.206. The van der Waals surface area contributed by atoms with Gasteiger partial charge in [-0.1, -0.05) is 0 Å². The van der Waals surface area contributed by atoms with E-state index in [0.29, 0.717) is 0 Å². The highest BCUT2D eigenvalue weighted by atomic mass is 19.4. The molecule has 12 heavy (non-hydrogen) atoms. The van der Waals surface area contributed by atoms with Crippen molar-refractivity contribution in [2.75, 3.05) is 0 Å². The summed E-state index contributed by atoms with van der Waals surface area (Å²) in [6.07, 6.45) is -4.28. The SMILES string of the molecule is Cn1ccc(C(O)C(F)(F)F)c1. The third kappa shape index (κ3) is 1.79. The van der Waals surface area contributed by atoms with Gasteiger partial charge in [0.1, 0.15) is 0 Å². The maximum atomic E-state index is 11.9. The molecule has 0 aliphatic heterocycles. The van der Waals surface area contributed by atoms with Crippen LogP contribution in [0.25, 0.3) is 0 Å². The second-order valence-corrected chi connectivity index (χ2v) is 2.55. The number of aromatic nitrogens is 1. The average Bonchev–Trinajstić information content (AvgIpc) is 2.32. The molecule has 2 nitrogen and oxygen atoms in total. The Hall–Kier alpha value is -0.970. The van der Waals surface area contributed by atoms with E-state index >= 15 is 0 Å². The Morgan fingerprint density at radius 1 is 1.50 bits per heavy atom. The summed E-state index contributed by atoms with van der Waals surface area (Å²) in [5, 5.41) is 8.73. The maximum absolute atomic E-state index is 11.9. The Morgan fingerprint density at radius 2 is 2.08 bits per heavy atom. The van der Waals surface area contributed by atoms with Crippen LogP contribution in [0.5, 0.6) is 0 Å². The number of aliphatic hydroxyl groups is 1. The second kappa shape index (κ2) is 2.82. The molecular weight excluding hydrogens is 171 g/mol. The van der Waals surface area contributed by atoms with Crippen molar-refractivity contribution in [1.82, 2.24) is 4.57 Å². The van der Waals surface area contributed by atoms with Gasteiger partial charge in [-0.05, 0) is 6.07 Å². The van der Waals surface area contributed by atoms with Gasteiger partial charge in [0, 0.05) is 25.0 Å². The van der Waals surface area contributed by atoms with Crippen LogP contribution in [0.3, 0.4) is 0 Å². The van der Waals surface area contributed by atoms with Crippen molar-refractivity contribution in [3.05, 3.63) is 24.0 Å². The molecule has 0 aliphatic carbocycles. The Morgan fingerprint density at radius 3 is 2.42 bits per heavy atom. The van der Waals surface area contributed by atoms with Crippen LogP contribution < -0.4 is 0 Å². The number of aryl methyl sites for hydroxylation is 1. The first-order valence-corrected chi connectivity index (χ1v) is 3.28. The van der Waals surface area contributed by atoms with Crippen molar-refractivity contribution in [2.45, 2.75) is 12.3 Å². The molecule has 0 radical (unpaired) electrons. The van der Waals surface area contributed by atoms with Gasteiger partial charge in [0.05, 0.1) is 0 Å². The van der Waals surface area contributed by atoms with Gasteiger partial charge in [-0.15, -0.1) is 0 Å². The largest absolute Gasteiger partial charge is 0.418 e. The second-order valence-electron chi connectivity index (χ2n) is 2.55. The molecule has 1 rings (SSSR count). The molecule has 0 aromatic carbocycles. The van der Waals surface area contributed by atoms with Crippen LogP contribution in [0, 0.1) is 0 Å². The summed E-state index contributed by atoms with van der Waals surface area (Å²) in [6, 6.07) is 1.23. The highest BCUT2D eigenvalue weighted by Gasteiger charge is 2.39. The molecule has 1 aromatic rings. The van der Waals surface area contributed by atoms with Crippen molar-refractivity contribution in [1.29, 1.82) is 0 Å². The lowest BCUT2D eigenvalue weighted by atomic mass is 10.2. The summed E-state index contributed by atoms with van der Waals surface area (Å²) < 4.78 is 37.1. The Kier molecular flexibility index (Phi) is 2.14. The van der Waals surface area contributed by atoms with E-state index in [9.17, 15) is 13.2 Å². The van der Waals surface area contributed by atoms with Crippen LogP contribution >= 0.6 is 0 Å². The van der Waals surface area contributed by atoms with Crippen molar-refractivity contribution in [3.8, 4) is 0 Å². The zero-order valence-corrected chi connectivity index (χ0v) is 6.34. The van der Waals surface area contributed by atoms with Crippen molar-refractivity contribution < 1.29 is 18.3 Å². The van der Waals surface area contributed by atoms with Crippen LogP contribution in [-0.2, 0) is 7.05 Å². The molecule has 0 saturated heterocycles. The minimum absolute atomic E-state index is 0.134. The average molecular weight is 179 g/mol. The standard InChI is InChI=1S/C7H8F3NO/c1-11-3-2-5(4-11)6(12)7(8,9)10/h2-4,6,12H,1H3. The normalized spacial score (nSPS) is 14.8. The van der Waals surface area contributed by atoms with E-state index < -0.39 is 12.3 Å². The third-order valence-electron chi connectivity index (χ3n) is 1.48. The monoisotopic (exact) mass is 179 g/mol. The van der Waals surface area contributed by atoms with E-state index in [-0.39, 0.29) is 5.56 Å². The molecule has 1 N–H and O–H groups in total. The zero-order chi connectivity index (χ0) is 9.35. The minimum atomic E-state index is -4.58. The fraction of sp³-hybridized carbons (Fsp3) is 0.429. The summed E-state index contributed by atoms with van der Waals surface area (Å²) >= 11 is 0. The van der Waals surface area contributed by atoms with Gasteiger partial charge >= 0.3 is 6.18 Å². The summed E-state index contributed by atoms with van der Waals surface area (Å²) in [4.78, 5) is 0. The number of hydrogen-bond acceptors (Lipinski definition) is 1. The summed E-state index contributed by atoms with van der Waals surface area (Å²) in [5.41, 5.74) is -0.134. The van der Waals surface area contributed by atoms with Crippen LogP contribution in [0.2, 0.25) is 0 Å². The smallest absolute Gasteiger partial charge is 0.379 e. The molecule has 68 valence electrons. The lowest BCUT2D eigenvalue weighted by Crippen LogP contribution is -2.19. The van der Waals surface area contributed by atoms with Gasteiger partial charge in [-0.25, -0.2) is 0 Å². The molecule has 1 atom stereocenters. The topological polar surface area (TPSA) is 25.2 Å². The van der Waals surface area contributed by atoms with Gasteiger partial charge in [-0.3, -0.25) is 0 Å². The first kappa shape index (κ1) is 9.12. The van der Waals surface area contributed by atoms with E-state index in [0.717, 1.165) is 0 Å². The molecule has 1 heterocycles. The van der Waals surface area contributed by atoms with Gasteiger partial charge in [0.2, 0.25) is 0 Å². The van der Waals surface area contributed by atoms with Crippen molar-refractivity contribution in [3.63, 3.8) is 0 Å². The highest BCUT2D eigenvalue weighted by molar-refractivity contribution is 5.14. The molecule has 0 aliphatic rings. The predicted molar refractivity (Wildman–Crippen MR) is 36.4 cm³/mol. The number of hydrogen-bond donors (Lipinski definition) is 1. The zero-order valence-electron chi connectivity index (χ0n) is 6.34. The Bertz CT molecular complexity index is 266. The number of aliphatic hydroxyl groups excluding tert-OH is 1. The lowest BCUT2D eigenvalue weighted by Gasteiger charge is -2.12. The van der Waals surface area contributed by atoms with Crippen molar-refractivity contribution in [2.24, 2.45) is 7.05 Å². The summed E-state index contributed by atoms with van der Waals surface area (Å²) in [5.74, 6) is 0. The molecule has 1 unspecified atom stereocenters. The molecule has 0 bridgehead atoms. The minimum Gasteiger partial charge on any atom is -0.379 e. The first-order chi connectivity index (χ1) is 5.41. The fourth-order valence-corrected chi connectivity index (χ4v) is 0.876. The molecule has 0 fully saturated rings. The Labute approximate surface area is 67.2 Å². The number of halogens is 3. The molecular formula is C7H8F3NO. The summed E-state index contributed by atoms with van der Waals surface area (Å²) in [7, 11) is 1.59. The fourth-order valence-electron chi connectivity index (χ4n) is 0.876.